The highest BCUT2D eigenvalue weighted by Crippen LogP contribution is 2.14. The molecule has 0 aliphatic rings. The number of nitrogens with one attached hydrogen (secondary N) is 1. The molecular formula is C16H30N4. The largest absolute Gasteiger partial charge is 0.355 e. The lowest BCUT2D eigenvalue weighted by Gasteiger charge is -2.27. The lowest BCUT2D eigenvalue weighted by Crippen LogP contribution is -2.32. The van der Waals surface area contributed by atoms with Gasteiger partial charge in [0.15, 0.2) is 5.82 Å². The average Bonchev–Trinajstić information content (AvgIpc) is 2.35. The van der Waals surface area contributed by atoms with Crippen molar-refractivity contribution in [2.24, 2.45) is 11.8 Å². The lowest BCUT2D eigenvalue weighted by molar-refractivity contribution is 0.544. The summed E-state index contributed by atoms with van der Waals surface area (Å²) in [5.74, 6) is 2.23. The maximum absolute atomic E-state index is 4.40. The molecule has 0 saturated heterocycles. The van der Waals surface area contributed by atoms with E-state index in [1.165, 1.54) is 0 Å². The molecule has 1 rings (SSSR count). The summed E-state index contributed by atoms with van der Waals surface area (Å²) in [5, 5.41) is 12.1. The predicted molar refractivity (Wildman–Crippen MR) is 85.9 cm³/mol. The van der Waals surface area contributed by atoms with Crippen LogP contribution in [0.3, 0.4) is 0 Å². The third-order valence-electron chi connectivity index (χ3n) is 2.89. The van der Waals surface area contributed by atoms with E-state index >= 15 is 0 Å². The molecule has 0 aliphatic carbocycles. The first kappa shape index (κ1) is 16.9. The molecule has 0 aliphatic heterocycles. The molecule has 20 heavy (non-hydrogen) atoms. The maximum Gasteiger partial charge on any atom is 0.151 e. The quantitative estimate of drug-likeness (QED) is 0.793. The molecule has 4 nitrogen and oxygen atoms in total. The van der Waals surface area contributed by atoms with Crippen LogP contribution in [0.5, 0.6) is 0 Å². The van der Waals surface area contributed by atoms with Crippen molar-refractivity contribution in [3.05, 3.63) is 17.8 Å². The summed E-state index contributed by atoms with van der Waals surface area (Å²) in [4.78, 5) is 2.34. The van der Waals surface area contributed by atoms with Crippen LogP contribution in [-0.4, -0.2) is 29.3 Å². The molecule has 1 aromatic rings. The number of hydrogen-bond donors (Lipinski definition) is 1. The Morgan fingerprint density at radius 3 is 1.95 bits per heavy atom. The monoisotopic (exact) mass is 278 g/mol. The molecule has 1 heterocycles. The van der Waals surface area contributed by atoms with Gasteiger partial charge in [-0.3, -0.25) is 0 Å². The minimum Gasteiger partial charge on any atom is -0.355 e. The highest BCUT2D eigenvalue weighted by molar-refractivity contribution is 5.37. The zero-order valence-electron chi connectivity index (χ0n) is 13.8. The maximum atomic E-state index is 4.40. The van der Waals surface area contributed by atoms with E-state index in [0.29, 0.717) is 17.9 Å². The summed E-state index contributed by atoms with van der Waals surface area (Å²) >= 11 is 0. The van der Waals surface area contributed by atoms with Gasteiger partial charge in [0.2, 0.25) is 0 Å². The molecule has 0 amide bonds. The topological polar surface area (TPSA) is 41.0 Å². The van der Waals surface area contributed by atoms with Crippen LogP contribution in [0.1, 0.15) is 47.2 Å². The molecule has 0 unspecified atom stereocenters. The van der Waals surface area contributed by atoms with E-state index in [1.54, 1.807) is 0 Å². The third-order valence-corrected chi connectivity index (χ3v) is 2.89. The SMILES string of the molecule is CC(C)CN(CC(C)C)c1ccc(CNC(C)C)nn1. The van der Waals surface area contributed by atoms with Crippen LogP contribution in [0.25, 0.3) is 0 Å². The zero-order valence-corrected chi connectivity index (χ0v) is 13.8. The first-order valence-electron chi connectivity index (χ1n) is 7.69. The van der Waals surface area contributed by atoms with Gasteiger partial charge in [-0.2, -0.15) is 5.10 Å². The molecule has 0 radical (unpaired) electrons. The van der Waals surface area contributed by atoms with Gasteiger partial charge in [0.05, 0.1) is 5.69 Å². The molecule has 0 aromatic carbocycles. The summed E-state index contributed by atoms with van der Waals surface area (Å²) < 4.78 is 0. The first-order valence-corrected chi connectivity index (χ1v) is 7.69. The molecule has 1 aromatic heterocycles. The van der Waals surface area contributed by atoms with Gasteiger partial charge in [0.25, 0.3) is 0 Å². The van der Waals surface area contributed by atoms with Crippen molar-refractivity contribution < 1.29 is 0 Å². The van der Waals surface area contributed by atoms with Gasteiger partial charge < -0.3 is 10.2 Å². The number of rotatable bonds is 8. The van der Waals surface area contributed by atoms with Gasteiger partial charge in [-0.05, 0) is 24.0 Å². The second-order valence-corrected chi connectivity index (χ2v) is 6.61. The smallest absolute Gasteiger partial charge is 0.151 e. The Morgan fingerprint density at radius 2 is 1.55 bits per heavy atom. The second kappa shape index (κ2) is 8.20. The molecule has 0 bridgehead atoms. The molecule has 0 fully saturated rings. The Bertz CT molecular complexity index is 361. The Kier molecular flexibility index (Phi) is 6.93. The number of hydrogen-bond acceptors (Lipinski definition) is 4. The highest BCUT2D eigenvalue weighted by atomic mass is 15.3. The fraction of sp³-hybridized carbons (Fsp3) is 0.750. The minimum absolute atomic E-state index is 0.467. The van der Waals surface area contributed by atoms with Crippen LogP contribution in [0.2, 0.25) is 0 Å². The van der Waals surface area contributed by atoms with Crippen molar-refractivity contribution in [2.75, 3.05) is 18.0 Å². The summed E-state index contributed by atoms with van der Waals surface area (Å²) in [6.45, 7) is 16.0. The first-order chi connectivity index (χ1) is 9.38. The normalized spacial score (nSPS) is 11.7. The zero-order chi connectivity index (χ0) is 15.1. The summed E-state index contributed by atoms with van der Waals surface area (Å²) in [7, 11) is 0. The molecule has 0 spiro atoms. The van der Waals surface area contributed by atoms with Crippen LogP contribution >= 0.6 is 0 Å². The average molecular weight is 278 g/mol. The van der Waals surface area contributed by atoms with Crippen molar-refractivity contribution in [1.82, 2.24) is 15.5 Å². The summed E-state index contributed by atoms with van der Waals surface area (Å²) in [6.07, 6.45) is 0. The van der Waals surface area contributed by atoms with Crippen molar-refractivity contribution in [3.8, 4) is 0 Å². The van der Waals surface area contributed by atoms with Crippen LogP contribution in [-0.2, 0) is 6.54 Å². The third kappa shape index (κ3) is 6.33. The Balaban J connectivity index is 2.71. The van der Waals surface area contributed by atoms with E-state index in [0.717, 1.165) is 31.1 Å². The van der Waals surface area contributed by atoms with Crippen molar-refractivity contribution in [3.63, 3.8) is 0 Å². The van der Waals surface area contributed by atoms with Gasteiger partial charge in [0, 0.05) is 25.7 Å². The van der Waals surface area contributed by atoms with Gasteiger partial charge in [-0.1, -0.05) is 41.5 Å². The molecule has 1 N–H and O–H groups in total. The molecule has 0 saturated carbocycles. The highest BCUT2D eigenvalue weighted by Gasteiger charge is 2.12. The molecule has 114 valence electrons. The van der Waals surface area contributed by atoms with Gasteiger partial charge in [-0.15, -0.1) is 5.10 Å². The van der Waals surface area contributed by atoms with E-state index in [1.807, 2.05) is 0 Å². The van der Waals surface area contributed by atoms with E-state index < -0.39 is 0 Å². The molecular weight excluding hydrogens is 248 g/mol. The number of nitrogens with zero attached hydrogens (tertiary/aromatic N) is 3. The Labute approximate surface area is 124 Å². The van der Waals surface area contributed by atoms with Crippen LogP contribution in [0, 0.1) is 11.8 Å². The fourth-order valence-electron chi connectivity index (χ4n) is 2.07. The van der Waals surface area contributed by atoms with Crippen molar-refractivity contribution >= 4 is 5.82 Å². The summed E-state index contributed by atoms with van der Waals surface area (Å²) in [6, 6.07) is 4.63. The van der Waals surface area contributed by atoms with E-state index in [-0.39, 0.29) is 0 Å². The number of anilines is 1. The van der Waals surface area contributed by atoms with Crippen LogP contribution < -0.4 is 10.2 Å². The predicted octanol–water partition coefficient (Wildman–Crippen LogP) is 3.09. The van der Waals surface area contributed by atoms with Crippen LogP contribution in [0.15, 0.2) is 12.1 Å². The lowest BCUT2D eigenvalue weighted by atomic mass is 10.1. The van der Waals surface area contributed by atoms with Crippen LogP contribution in [0.4, 0.5) is 5.82 Å². The minimum atomic E-state index is 0.467. The Morgan fingerprint density at radius 1 is 0.950 bits per heavy atom. The van der Waals surface area contributed by atoms with Crippen molar-refractivity contribution in [1.29, 1.82) is 0 Å². The Hall–Kier alpha value is -1.16. The van der Waals surface area contributed by atoms with Gasteiger partial charge >= 0.3 is 0 Å². The van der Waals surface area contributed by atoms with E-state index in [9.17, 15) is 0 Å². The van der Waals surface area contributed by atoms with Gasteiger partial charge in [0.1, 0.15) is 0 Å². The summed E-state index contributed by atoms with van der Waals surface area (Å²) in [5.41, 5.74) is 0.997. The van der Waals surface area contributed by atoms with E-state index in [4.69, 9.17) is 0 Å². The number of aromatic nitrogens is 2. The standard InChI is InChI=1S/C16H30N4/c1-12(2)10-20(11-13(3)4)16-8-7-15(18-19-16)9-17-14(5)6/h7-8,12-14,17H,9-11H2,1-6H3. The van der Waals surface area contributed by atoms with E-state index in [2.05, 4.69) is 74.1 Å². The fourth-order valence-corrected chi connectivity index (χ4v) is 2.07. The molecule has 4 heteroatoms. The second-order valence-electron chi connectivity index (χ2n) is 6.61. The van der Waals surface area contributed by atoms with Crippen molar-refractivity contribution in [2.45, 2.75) is 54.1 Å². The molecule has 0 atom stereocenters. The van der Waals surface area contributed by atoms with Gasteiger partial charge in [-0.25, -0.2) is 0 Å².